The van der Waals surface area contributed by atoms with Gasteiger partial charge in [-0.05, 0) is 5.92 Å². The highest BCUT2D eigenvalue weighted by Gasteiger charge is 2.12. The average molecular weight is 152 g/mol. The number of hydrogen-bond acceptors (Lipinski definition) is 2. The number of H-pyrrole nitrogens is 1. The lowest BCUT2D eigenvalue weighted by atomic mass is 10.1. The Bertz CT molecular complexity index is 263. The van der Waals surface area contributed by atoms with E-state index in [1.807, 2.05) is 13.8 Å². The first kappa shape index (κ1) is 7.98. The number of nitrogens with zero attached hydrogens (tertiary/aromatic N) is 1. The topological polar surface area (TPSA) is 45.8 Å². The summed E-state index contributed by atoms with van der Waals surface area (Å²) in [5.74, 6) is 0.353. The predicted octanol–water partition coefficient (Wildman–Crippen LogP) is 1.74. The Morgan fingerprint density at radius 3 is 2.64 bits per heavy atom. The molecule has 1 aromatic heterocycles. The van der Waals surface area contributed by atoms with E-state index in [-0.39, 0.29) is 5.78 Å². The summed E-state index contributed by atoms with van der Waals surface area (Å²) in [6.45, 7) is 5.59. The molecular formula is C8H12N2O. The summed E-state index contributed by atoms with van der Waals surface area (Å²) in [5.41, 5.74) is 1.50. The lowest BCUT2D eigenvalue weighted by molar-refractivity contribution is 0.101. The minimum Gasteiger partial charge on any atom is -0.348 e. The molecule has 0 aliphatic heterocycles. The van der Waals surface area contributed by atoms with Crippen molar-refractivity contribution in [3.8, 4) is 0 Å². The van der Waals surface area contributed by atoms with E-state index >= 15 is 0 Å². The molecular weight excluding hydrogens is 140 g/mol. The first-order valence-corrected chi connectivity index (χ1v) is 3.67. The van der Waals surface area contributed by atoms with Crippen molar-refractivity contribution in [3.05, 3.63) is 17.7 Å². The van der Waals surface area contributed by atoms with Gasteiger partial charge in [-0.3, -0.25) is 4.79 Å². The number of carbonyl (C=O) groups is 1. The molecule has 60 valence electrons. The molecule has 0 aromatic carbocycles. The largest absolute Gasteiger partial charge is 0.348 e. The fourth-order valence-electron chi connectivity index (χ4n) is 1.02. The van der Waals surface area contributed by atoms with Crippen LogP contribution in [0.3, 0.4) is 0 Å². The normalized spacial score (nSPS) is 10.5. The van der Waals surface area contributed by atoms with Gasteiger partial charge in [0.05, 0.1) is 6.33 Å². The van der Waals surface area contributed by atoms with Gasteiger partial charge < -0.3 is 4.98 Å². The van der Waals surface area contributed by atoms with Gasteiger partial charge in [0.25, 0.3) is 0 Å². The molecule has 0 amide bonds. The summed E-state index contributed by atoms with van der Waals surface area (Å²) in [5, 5.41) is 0. The van der Waals surface area contributed by atoms with Gasteiger partial charge in [-0.15, -0.1) is 0 Å². The Morgan fingerprint density at radius 2 is 2.27 bits per heavy atom. The Morgan fingerprint density at radius 1 is 1.64 bits per heavy atom. The minimum absolute atomic E-state index is 0.0231. The van der Waals surface area contributed by atoms with E-state index in [0.29, 0.717) is 11.6 Å². The second-order valence-electron chi connectivity index (χ2n) is 2.88. The SMILES string of the molecule is CC(=O)c1nc[nH]c1C(C)C. The Hall–Kier alpha value is -1.12. The van der Waals surface area contributed by atoms with Crippen molar-refractivity contribution in [3.63, 3.8) is 0 Å². The van der Waals surface area contributed by atoms with Crippen LogP contribution in [0, 0.1) is 0 Å². The van der Waals surface area contributed by atoms with Crippen LogP contribution in [0.1, 0.15) is 42.9 Å². The summed E-state index contributed by atoms with van der Waals surface area (Å²) in [6.07, 6.45) is 1.56. The summed E-state index contributed by atoms with van der Waals surface area (Å²) in [7, 11) is 0. The number of aromatic amines is 1. The van der Waals surface area contributed by atoms with Crippen molar-refractivity contribution in [2.75, 3.05) is 0 Å². The zero-order valence-electron chi connectivity index (χ0n) is 7.01. The third kappa shape index (κ3) is 1.48. The highest BCUT2D eigenvalue weighted by atomic mass is 16.1. The molecule has 0 bridgehead atoms. The van der Waals surface area contributed by atoms with E-state index in [9.17, 15) is 4.79 Å². The predicted molar refractivity (Wildman–Crippen MR) is 42.7 cm³/mol. The summed E-state index contributed by atoms with van der Waals surface area (Å²) in [4.78, 5) is 17.8. The second kappa shape index (κ2) is 2.86. The molecule has 0 radical (unpaired) electrons. The van der Waals surface area contributed by atoms with Crippen LogP contribution in [0.5, 0.6) is 0 Å². The first-order chi connectivity index (χ1) is 5.13. The fourth-order valence-corrected chi connectivity index (χ4v) is 1.02. The van der Waals surface area contributed by atoms with Gasteiger partial charge in [0, 0.05) is 12.6 Å². The van der Waals surface area contributed by atoms with Crippen LogP contribution in [0.4, 0.5) is 0 Å². The van der Waals surface area contributed by atoms with Crippen LogP contribution in [0.25, 0.3) is 0 Å². The number of rotatable bonds is 2. The van der Waals surface area contributed by atoms with Crippen molar-refractivity contribution in [2.45, 2.75) is 26.7 Å². The molecule has 0 saturated carbocycles. The highest BCUT2D eigenvalue weighted by Crippen LogP contribution is 2.14. The first-order valence-electron chi connectivity index (χ1n) is 3.67. The molecule has 3 heteroatoms. The van der Waals surface area contributed by atoms with E-state index in [1.54, 1.807) is 6.33 Å². The molecule has 0 fully saturated rings. The van der Waals surface area contributed by atoms with Crippen LogP contribution >= 0.6 is 0 Å². The monoisotopic (exact) mass is 152 g/mol. The molecule has 1 rings (SSSR count). The van der Waals surface area contributed by atoms with Gasteiger partial charge in [0.2, 0.25) is 0 Å². The van der Waals surface area contributed by atoms with Crippen molar-refractivity contribution in [1.82, 2.24) is 9.97 Å². The van der Waals surface area contributed by atoms with Crippen LogP contribution < -0.4 is 0 Å². The smallest absolute Gasteiger partial charge is 0.179 e. The molecule has 11 heavy (non-hydrogen) atoms. The van der Waals surface area contributed by atoms with Crippen molar-refractivity contribution in [1.29, 1.82) is 0 Å². The number of Topliss-reactive ketones (excluding diaryl/α,β-unsaturated/α-hetero) is 1. The Balaban J connectivity index is 3.06. The molecule has 0 aliphatic carbocycles. The van der Waals surface area contributed by atoms with Crippen LogP contribution in [-0.4, -0.2) is 15.8 Å². The third-order valence-corrected chi connectivity index (χ3v) is 1.58. The lowest BCUT2D eigenvalue weighted by Crippen LogP contribution is -2.00. The number of hydrogen-bond donors (Lipinski definition) is 1. The number of aromatic nitrogens is 2. The number of nitrogens with one attached hydrogen (secondary N) is 1. The van der Waals surface area contributed by atoms with E-state index in [1.165, 1.54) is 6.92 Å². The van der Waals surface area contributed by atoms with E-state index in [4.69, 9.17) is 0 Å². The standard InChI is InChI=1S/C8H12N2O/c1-5(2)7-8(6(3)11)10-4-9-7/h4-5H,1-3H3,(H,9,10). The summed E-state index contributed by atoms with van der Waals surface area (Å²) >= 11 is 0. The Labute approximate surface area is 65.8 Å². The average Bonchev–Trinajstić information content (AvgIpc) is 2.32. The Kier molecular flexibility index (Phi) is 2.08. The van der Waals surface area contributed by atoms with E-state index < -0.39 is 0 Å². The lowest BCUT2D eigenvalue weighted by Gasteiger charge is -2.01. The van der Waals surface area contributed by atoms with Crippen LogP contribution in [-0.2, 0) is 0 Å². The molecule has 3 nitrogen and oxygen atoms in total. The van der Waals surface area contributed by atoms with Crippen LogP contribution in [0.15, 0.2) is 6.33 Å². The zero-order chi connectivity index (χ0) is 8.43. The van der Waals surface area contributed by atoms with Gasteiger partial charge in [-0.2, -0.15) is 0 Å². The van der Waals surface area contributed by atoms with Crippen LogP contribution in [0.2, 0.25) is 0 Å². The van der Waals surface area contributed by atoms with E-state index in [0.717, 1.165) is 5.69 Å². The molecule has 0 aliphatic rings. The van der Waals surface area contributed by atoms with Crippen molar-refractivity contribution >= 4 is 5.78 Å². The van der Waals surface area contributed by atoms with Crippen molar-refractivity contribution in [2.24, 2.45) is 0 Å². The third-order valence-electron chi connectivity index (χ3n) is 1.58. The maximum absolute atomic E-state index is 10.9. The van der Waals surface area contributed by atoms with Gasteiger partial charge >= 0.3 is 0 Å². The number of carbonyl (C=O) groups excluding carboxylic acids is 1. The molecule has 0 saturated heterocycles. The highest BCUT2D eigenvalue weighted by molar-refractivity contribution is 5.93. The quantitative estimate of drug-likeness (QED) is 0.656. The molecule has 0 spiro atoms. The van der Waals surface area contributed by atoms with Gasteiger partial charge in [-0.25, -0.2) is 4.98 Å². The molecule has 1 N–H and O–H groups in total. The summed E-state index contributed by atoms with van der Waals surface area (Å²) in [6, 6.07) is 0. The summed E-state index contributed by atoms with van der Waals surface area (Å²) < 4.78 is 0. The molecule has 0 unspecified atom stereocenters. The molecule has 0 atom stereocenters. The molecule has 1 aromatic rings. The maximum atomic E-state index is 10.9. The molecule has 1 heterocycles. The van der Waals surface area contributed by atoms with Crippen molar-refractivity contribution < 1.29 is 4.79 Å². The number of imidazole rings is 1. The second-order valence-corrected chi connectivity index (χ2v) is 2.88. The number of ketones is 1. The maximum Gasteiger partial charge on any atom is 0.179 e. The van der Waals surface area contributed by atoms with Gasteiger partial charge in [0.1, 0.15) is 5.69 Å². The zero-order valence-corrected chi connectivity index (χ0v) is 7.01. The minimum atomic E-state index is 0.0231. The van der Waals surface area contributed by atoms with E-state index in [2.05, 4.69) is 9.97 Å². The van der Waals surface area contributed by atoms with Gasteiger partial charge in [-0.1, -0.05) is 13.8 Å². The fraction of sp³-hybridized carbons (Fsp3) is 0.500. The van der Waals surface area contributed by atoms with Gasteiger partial charge in [0.15, 0.2) is 5.78 Å².